The topological polar surface area (TPSA) is 113 Å². The smallest absolute Gasteiger partial charge is 0.239 e. The molecule has 0 aliphatic carbocycles. The normalized spacial score (nSPS) is 18.8. The number of imidazole rings is 1. The number of hydrogen-bond donors (Lipinski definition) is 0. The number of rotatable bonds is 7. The van der Waals surface area contributed by atoms with Crippen molar-refractivity contribution < 1.29 is 9.53 Å². The van der Waals surface area contributed by atoms with Gasteiger partial charge in [0.05, 0.1) is 19.0 Å². The first-order chi connectivity index (χ1) is 18.4. The molecule has 1 atom stereocenters. The minimum atomic E-state index is 0.0644. The van der Waals surface area contributed by atoms with E-state index in [0.717, 1.165) is 62.9 Å². The zero-order chi connectivity index (χ0) is 26.8. The first kappa shape index (κ1) is 26.0. The van der Waals surface area contributed by atoms with Gasteiger partial charge in [0.15, 0.2) is 5.65 Å². The SMILES string of the molecule is Cc1cc(-c2nc(C#N)nc3c2ncn3C)cnc1OCCC1CCN(C(=O)[C@@H]2CCCN2C(C)C)CC1. The summed E-state index contributed by atoms with van der Waals surface area (Å²) in [7, 11) is 1.84. The van der Waals surface area contributed by atoms with Crippen LogP contribution in [-0.2, 0) is 11.8 Å². The Labute approximate surface area is 223 Å². The van der Waals surface area contributed by atoms with Gasteiger partial charge in [0.1, 0.15) is 17.3 Å². The van der Waals surface area contributed by atoms with E-state index in [1.54, 1.807) is 17.1 Å². The molecule has 3 aromatic rings. The van der Waals surface area contributed by atoms with Gasteiger partial charge in [-0.3, -0.25) is 9.69 Å². The quantitative estimate of drug-likeness (QED) is 0.469. The molecule has 2 aliphatic heterocycles. The monoisotopic (exact) mass is 516 g/mol. The van der Waals surface area contributed by atoms with E-state index in [-0.39, 0.29) is 11.9 Å². The molecule has 2 saturated heterocycles. The molecule has 0 saturated carbocycles. The van der Waals surface area contributed by atoms with Crippen molar-refractivity contribution >= 4 is 17.1 Å². The summed E-state index contributed by atoms with van der Waals surface area (Å²) in [5.74, 6) is 1.57. The van der Waals surface area contributed by atoms with Crippen molar-refractivity contribution in [2.75, 3.05) is 26.2 Å². The Morgan fingerprint density at radius 3 is 2.68 bits per heavy atom. The van der Waals surface area contributed by atoms with Crippen molar-refractivity contribution in [3.05, 3.63) is 30.0 Å². The number of piperidine rings is 1. The Morgan fingerprint density at radius 2 is 1.97 bits per heavy atom. The number of carbonyl (C=O) groups excluding carboxylic acids is 1. The van der Waals surface area contributed by atoms with E-state index in [1.807, 2.05) is 26.1 Å². The van der Waals surface area contributed by atoms with Crippen LogP contribution in [0.4, 0.5) is 0 Å². The summed E-state index contributed by atoms with van der Waals surface area (Å²) in [5, 5.41) is 9.36. The molecule has 2 fully saturated rings. The second-order valence-corrected chi connectivity index (χ2v) is 10.8. The van der Waals surface area contributed by atoms with Crippen LogP contribution in [0.25, 0.3) is 22.4 Å². The number of amides is 1. The number of ether oxygens (including phenoxy) is 1. The standard InChI is InChI=1S/C28H36N8O2/c1-18(2)36-10-5-6-22(36)28(37)35-11-7-20(8-12-35)9-13-38-27-19(3)14-21(16-30-27)24-25-26(34(4)17-31-25)33-23(15-29)32-24/h14,16-18,20,22H,5-13H2,1-4H3/t22-/m0/s1. The number of aromatic nitrogens is 5. The molecule has 0 aromatic carbocycles. The van der Waals surface area contributed by atoms with Crippen LogP contribution in [0.2, 0.25) is 0 Å². The average Bonchev–Trinajstić information content (AvgIpc) is 3.56. The number of nitriles is 1. The molecule has 0 unspecified atom stereocenters. The molecule has 5 rings (SSSR count). The maximum absolute atomic E-state index is 13.1. The first-order valence-electron chi connectivity index (χ1n) is 13.6. The third-order valence-electron chi connectivity index (χ3n) is 7.90. The summed E-state index contributed by atoms with van der Waals surface area (Å²) in [6.07, 6.45) is 8.46. The number of carbonyl (C=O) groups is 1. The van der Waals surface area contributed by atoms with Gasteiger partial charge < -0.3 is 14.2 Å². The number of fused-ring (bicyclic) bond motifs is 1. The fourth-order valence-electron chi connectivity index (χ4n) is 5.75. The van der Waals surface area contributed by atoms with Crippen LogP contribution in [0.5, 0.6) is 5.88 Å². The average molecular weight is 517 g/mol. The molecule has 1 amide bonds. The molecule has 5 heterocycles. The fraction of sp³-hybridized carbons (Fsp3) is 0.571. The molecule has 10 heteroatoms. The van der Waals surface area contributed by atoms with Gasteiger partial charge >= 0.3 is 0 Å². The van der Waals surface area contributed by atoms with Gasteiger partial charge in [0, 0.05) is 43.5 Å². The molecule has 10 nitrogen and oxygen atoms in total. The third kappa shape index (κ3) is 5.20. The Balaban J connectivity index is 1.15. The van der Waals surface area contributed by atoms with Crippen molar-refractivity contribution in [1.82, 2.24) is 34.3 Å². The van der Waals surface area contributed by atoms with Crippen molar-refractivity contribution in [3.8, 4) is 23.2 Å². The lowest BCUT2D eigenvalue weighted by atomic mass is 9.93. The van der Waals surface area contributed by atoms with E-state index in [1.165, 1.54) is 0 Å². The molecular weight excluding hydrogens is 480 g/mol. The summed E-state index contributed by atoms with van der Waals surface area (Å²) < 4.78 is 7.83. The summed E-state index contributed by atoms with van der Waals surface area (Å²) in [6.45, 7) is 9.62. The van der Waals surface area contributed by atoms with Gasteiger partial charge in [-0.1, -0.05) is 0 Å². The van der Waals surface area contributed by atoms with Gasteiger partial charge in [0.2, 0.25) is 17.6 Å². The highest BCUT2D eigenvalue weighted by Crippen LogP contribution is 2.29. The van der Waals surface area contributed by atoms with Crippen LogP contribution >= 0.6 is 0 Å². The summed E-state index contributed by atoms with van der Waals surface area (Å²) in [5.41, 5.74) is 3.50. The number of nitrogens with zero attached hydrogens (tertiary/aromatic N) is 8. The zero-order valence-corrected chi connectivity index (χ0v) is 22.7. The van der Waals surface area contributed by atoms with Gasteiger partial charge in [0.25, 0.3) is 0 Å². The minimum Gasteiger partial charge on any atom is -0.477 e. The van der Waals surface area contributed by atoms with Gasteiger partial charge in [-0.05, 0) is 71.4 Å². The predicted molar refractivity (Wildman–Crippen MR) is 143 cm³/mol. The van der Waals surface area contributed by atoms with E-state index in [0.29, 0.717) is 47.2 Å². The third-order valence-corrected chi connectivity index (χ3v) is 7.90. The van der Waals surface area contributed by atoms with Crippen LogP contribution in [-0.4, -0.2) is 78.5 Å². The summed E-state index contributed by atoms with van der Waals surface area (Å²) in [6, 6.07) is 4.47. The fourth-order valence-corrected chi connectivity index (χ4v) is 5.75. The maximum atomic E-state index is 13.1. The lowest BCUT2D eigenvalue weighted by Gasteiger charge is -2.36. The first-order valence-corrected chi connectivity index (χ1v) is 13.6. The van der Waals surface area contributed by atoms with Gasteiger partial charge in [-0.25, -0.2) is 15.0 Å². The molecule has 0 radical (unpaired) electrons. The highest BCUT2D eigenvalue weighted by atomic mass is 16.5. The van der Waals surface area contributed by atoms with E-state index in [9.17, 15) is 10.1 Å². The van der Waals surface area contributed by atoms with E-state index in [2.05, 4.69) is 43.6 Å². The molecule has 200 valence electrons. The van der Waals surface area contributed by atoms with Crippen molar-refractivity contribution in [1.29, 1.82) is 5.26 Å². The van der Waals surface area contributed by atoms with Crippen LogP contribution in [0.1, 0.15) is 57.3 Å². The Bertz CT molecular complexity index is 1350. The molecule has 0 bridgehead atoms. The molecule has 0 N–H and O–H groups in total. The lowest BCUT2D eigenvalue weighted by Crippen LogP contribution is -2.50. The Morgan fingerprint density at radius 1 is 1.18 bits per heavy atom. The van der Waals surface area contributed by atoms with Gasteiger partial charge in [-0.2, -0.15) is 10.2 Å². The summed E-state index contributed by atoms with van der Waals surface area (Å²) >= 11 is 0. The Hall–Kier alpha value is -3.58. The van der Waals surface area contributed by atoms with Crippen LogP contribution in [0, 0.1) is 24.2 Å². The van der Waals surface area contributed by atoms with Crippen LogP contribution < -0.4 is 4.74 Å². The Kier molecular flexibility index (Phi) is 7.56. The molecule has 0 spiro atoms. The number of likely N-dealkylation sites (tertiary alicyclic amines) is 2. The molecule has 38 heavy (non-hydrogen) atoms. The van der Waals surface area contributed by atoms with Crippen molar-refractivity contribution in [2.45, 2.75) is 65.0 Å². The van der Waals surface area contributed by atoms with Crippen molar-refractivity contribution in [3.63, 3.8) is 0 Å². The van der Waals surface area contributed by atoms with E-state index < -0.39 is 0 Å². The zero-order valence-electron chi connectivity index (χ0n) is 22.7. The van der Waals surface area contributed by atoms with Crippen LogP contribution in [0.3, 0.4) is 0 Å². The van der Waals surface area contributed by atoms with Crippen molar-refractivity contribution in [2.24, 2.45) is 13.0 Å². The highest BCUT2D eigenvalue weighted by molar-refractivity contribution is 5.87. The molecule has 3 aromatic heterocycles. The molecular formula is C28H36N8O2. The molecule has 2 aliphatic rings. The summed E-state index contributed by atoms with van der Waals surface area (Å²) in [4.78, 5) is 35.2. The van der Waals surface area contributed by atoms with E-state index >= 15 is 0 Å². The minimum absolute atomic E-state index is 0.0644. The maximum Gasteiger partial charge on any atom is 0.239 e. The number of pyridine rings is 1. The van der Waals surface area contributed by atoms with Crippen LogP contribution in [0.15, 0.2) is 18.6 Å². The largest absolute Gasteiger partial charge is 0.477 e. The van der Waals surface area contributed by atoms with E-state index in [4.69, 9.17) is 4.74 Å². The van der Waals surface area contributed by atoms with Gasteiger partial charge in [-0.15, -0.1) is 0 Å². The second-order valence-electron chi connectivity index (χ2n) is 10.8. The predicted octanol–water partition coefficient (Wildman–Crippen LogP) is 3.49. The number of hydrogen-bond acceptors (Lipinski definition) is 8. The highest BCUT2D eigenvalue weighted by Gasteiger charge is 2.36. The second kappa shape index (κ2) is 11.0. The number of aryl methyl sites for hydroxylation is 2. The lowest BCUT2D eigenvalue weighted by molar-refractivity contribution is -0.138.